The van der Waals surface area contributed by atoms with Gasteiger partial charge >= 0.3 is 0 Å². The molecule has 1 unspecified atom stereocenters. The van der Waals surface area contributed by atoms with Crippen molar-refractivity contribution in [3.05, 3.63) is 53.6 Å². The second-order valence-corrected chi connectivity index (χ2v) is 7.10. The number of nitrogens with one attached hydrogen (secondary N) is 1. The zero-order chi connectivity index (χ0) is 18.8. The van der Waals surface area contributed by atoms with Crippen LogP contribution >= 0.6 is 0 Å². The summed E-state index contributed by atoms with van der Waals surface area (Å²) in [5.74, 6) is -0.0430. The van der Waals surface area contributed by atoms with E-state index in [4.69, 9.17) is 10.5 Å². The predicted molar refractivity (Wildman–Crippen MR) is 104 cm³/mol. The van der Waals surface area contributed by atoms with Crippen LogP contribution in [0.5, 0.6) is 5.75 Å². The highest BCUT2D eigenvalue weighted by Crippen LogP contribution is 2.32. The summed E-state index contributed by atoms with van der Waals surface area (Å²) in [6, 6.07) is 13.0. The van der Waals surface area contributed by atoms with Crippen LogP contribution in [0.1, 0.15) is 28.8 Å². The maximum atomic E-state index is 12.9. The first-order valence-electron chi connectivity index (χ1n) is 9.32. The van der Waals surface area contributed by atoms with Crippen molar-refractivity contribution in [3.8, 4) is 5.75 Å². The second-order valence-electron chi connectivity index (χ2n) is 7.10. The lowest BCUT2D eigenvalue weighted by molar-refractivity contribution is -0.121. The van der Waals surface area contributed by atoms with Crippen molar-refractivity contribution >= 4 is 23.2 Å². The molecule has 1 saturated heterocycles. The number of primary amides is 1. The van der Waals surface area contributed by atoms with Gasteiger partial charge in [-0.25, -0.2) is 0 Å². The minimum absolute atomic E-state index is 0.105. The van der Waals surface area contributed by atoms with Crippen molar-refractivity contribution < 1.29 is 14.3 Å². The molecule has 4 rings (SSSR count). The second kappa shape index (κ2) is 7.31. The largest absolute Gasteiger partial charge is 0.492 e. The molecule has 0 aliphatic carbocycles. The van der Waals surface area contributed by atoms with Gasteiger partial charge in [0.05, 0.1) is 17.3 Å². The van der Waals surface area contributed by atoms with E-state index in [1.54, 1.807) is 12.1 Å². The average molecular weight is 365 g/mol. The fraction of sp³-hybridized carbons (Fsp3) is 0.333. The van der Waals surface area contributed by atoms with Crippen molar-refractivity contribution in [1.82, 2.24) is 0 Å². The molecule has 2 aliphatic rings. The SMILES string of the molecule is NC(=O)c1ccc(N2CCCC2)c(NC(=O)C2COc3ccccc3C2)c1. The summed E-state index contributed by atoms with van der Waals surface area (Å²) in [6.07, 6.45) is 2.88. The van der Waals surface area contributed by atoms with Gasteiger partial charge in [0.25, 0.3) is 0 Å². The third-order valence-electron chi connectivity index (χ3n) is 5.24. The van der Waals surface area contributed by atoms with Crippen LogP contribution in [0.4, 0.5) is 11.4 Å². The molecule has 0 aromatic heterocycles. The average Bonchev–Trinajstić information content (AvgIpc) is 3.22. The Morgan fingerprint density at radius 3 is 2.67 bits per heavy atom. The Bertz CT molecular complexity index is 875. The van der Waals surface area contributed by atoms with Gasteiger partial charge in [0, 0.05) is 18.7 Å². The smallest absolute Gasteiger partial charge is 0.248 e. The number of hydrogen-bond acceptors (Lipinski definition) is 4. The van der Waals surface area contributed by atoms with E-state index in [-0.39, 0.29) is 11.8 Å². The molecule has 2 amide bonds. The minimum Gasteiger partial charge on any atom is -0.492 e. The summed E-state index contributed by atoms with van der Waals surface area (Å²) in [5.41, 5.74) is 8.42. The third-order valence-corrected chi connectivity index (χ3v) is 5.24. The summed E-state index contributed by atoms with van der Waals surface area (Å²) < 4.78 is 5.74. The molecular weight excluding hydrogens is 342 g/mol. The van der Waals surface area contributed by atoms with Crippen LogP contribution in [0, 0.1) is 5.92 Å². The Morgan fingerprint density at radius 2 is 1.89 bits per heavy atom. The number of para-hydroxylation sites is 1. The summed E-state index contributed by atoms with van der Waals surface area (Å²) in [7, 11) is 0. The normalized spacial score (nSPS) is 18.5. The molecule has 2 aromatic rings. The first-order valence-corrected chi connectivity index (χ1v) is 9.32. The zero-order valence-electron chi connectivity index (χ0n) is 15.1. The number of nitrogens with two attached hydrogens (primary N) is 1. The number of anilines is 2. The number of fused-ring (bicyclic) bond motifs is 1. The first kappa shape index (κ1) is 17.4. The Labute approximate surface area is 158 Å². The van der Waals surface area contributed by atoms with Crippen LogP contribution in [0.25, 0.3) is 0 Å². The van der Waals surface area contributed by atoms with Gasteiger partial charge in [-0.2, -0.15) is 0 Å². The topological polar surface area (TPSA) is 84.7 Å². The molecule has 0 spiro atoms. The van der Waals surface area contributed by atoms with Crippen molar-refractivity contribution in [2.24, 2.45) is 11.7 Å². The Hall–Kier alpha value is -3.02. The van der Waals surface area contributed by atoms with Crippen LogP contribution in [0.2, 0.25) is 0 Å². The van der Waals surface area contributed by atoms with Crippen LogP contribution in [-0.4, -0.2) is 31.5 Å². The van der Waals surface area contributed by atoms with E-state index in [2.05, 4.69) is 10.2 Å². The number of ether oxygens (including phenoxy) is 1. The molecule has 6 heteroatoms. The maximum absolute atomic E-state index is 12.9. The van der Waals surface area contributed by atoms with Gasteiger partial charge in [-0.1, -0.05) is 18.2 Å². The van der Waals surface area contributed by atoms with Gasteiger partial charge in [-0.05, 0) is 49.1 Å². The number of amides is 2. The van der Waals surface area contributed by atoms with Gasteiger partial charge in [-0.3, -0.25) is 9.59 Å². The fourth-order valence-electron chi connectivity index (χ4n) is 3.75. The molecular formula is C21H23N3O3. The number of hydrogen-bond donors (Lipinski definition) is 2. The molecule has 6 nitrogen and oxygen atoms in total. The van der Waals surface area contributed by atoms with E-state index >= 15 is 0 Å². The third kappa shape index (κ3) is 3.60. The van der Waals surface area contributed by atoms with Gasteiger partial charge in [0.1, 0.15) is 12.4 Å². The Morgan fingerprint density at radius 1 is 1.11 bits per heavy atom. The minimum atomic E-state index is -0.506. The summed E-state index contributed by atoms with van der Waals surface area (Å²) in [4.78, 5) is 26.7. The molecule has 0 radical (unpaired) electrons. The Kier molecular flexibility index (Phi) is 4.71. The number of rotatable bonds is 4. The highest BCUT2D eigenvalue weighted by atomic mass is 16.5. The number of carbonyl (C=O) groups is 2. The van der Waals surface area contributed by atoms with Gasteiger partial charge in [-0.15, -0.1) is 0 Å². The van der Waals surface area contributed by atoms with Crippen molar-refractivity contribution in [1.29, 1.82) is 0 Å². The van der Waals surface area contributed by atoms with E-state index in [1.165, 1.54) is 0 Å². The standard InChI is InChI=1S/C21H23N3O3/c22-20(25)15-7-8-18(24-9-3-4-10-24)17(12-15)23-21(26)16-11-14-5-1-2-6-19(14)27-13-16/h1-2,5-8,12,16H,3-4,9-11,13H2,(H2,22,25)(H,23,26). The summed E-state index contributed by atoms with van der Waals surface area (Å²) >= 11 is 0. The van der Waals surface area contributed by atoms with Crippen molar-refractivity contribution in [3.63, 3.8) is 0 Å². The highest BCUT2D eigenvalue weighted by molar-refractivity contribution is 6.00. The maximum Gasteiger partial charge on any atom is 0.248 e. The fourth-order valence-corrected chi connectivity index (χ4v) is 3.75. The van der Waals surface area contributed by atoms with Crippen LogP contribution in [0.15, 0.2) is 42.5 Å². The molecule has 0 bridgehead atoms. The zero-order valence-corrected chi connectivity index (χ0v) is 15.1. The lowest BCUT2D eigenvalue weighted by Gasteiger charge is -2.26. The first-order chi connectivity index (χ1) is 13.1. The molecule has 27 heavy (non-hydrogen) atoms. The quantitative estimate of drug-likeness (QED) is 0.872. The molecule has 140 valence electrons. The molecule has 2 aliphatic heterocycles. The van der Waals surface area contributed by atoms with Crippen LogP contribution in [-0.2, 0) is 11.2 Å². The summed E-state index contributed by atoms with van der Waals surface area (Å²) in [5, 5.41) is 3.01. The number of benzene rings is 2. The highest BCUT2D eigenvalue weighted by Gasteiger charge is 2.27. The van der Waals surface area contributed by atoms with E-state index in [0.29, 0.717) is 24.3 Å². The van der Waals surface area contributed by atoms with E-state index in [9.17, 15) is 9.59 Å². The number of carbonyl (C=O) groups excluding carboxylic acids is 2. The van der Waals surface area contributed by atoms with Gasteiger partial charge in [0.15, 0.2) is 0 Å². The van der Waals surface area contributed by atoms with E-state index in [0.717, 1.165) is 42.9 Å². The van der Waals surface area contributed by atoms with E-state index < -0.39 is 5.91 Å². The molecule has 0 saturated carbocycles. The predicted octanol–water partition coefficient (Wildman–Crippen LogP) is 2.58. The molecule has 1 atom stereocenters. The van der Waals surface area contributed by atoms with E-state index in [1.807, 2.05) is 30.3 Å². The monoisotopic (exact) mass is 365 g/mol. The van der Waals surface area contributed by atoms with Gasteiger partial charge in [0.2, 0.25) is 11.8 Å². The van der Waals surface area contributed by atoms with Gasteiger partial charge < -0.3 is 20.7 Å². The molecule has 3 N–H and O–H groups in total. The summed E-state index contributed by atoms with van der Waals surface area (Å²) in [6.45, 7) is 2.23. The van der Waals surface area contributed by atoms with Crippen LogP contribution in [0.3, 0.4) is 0 Å². The van der Waals surface area contributed by atoms with Crippen molar-refractivity contribution in [2.75, 3.05) is 29.9 Å². The molecule has 2 aromatic carbocycles. The Balaban J connectivity index is 1.56. The lowest BCUT2D eigenvalue weighted by atomic mass is 9.96. The lowest BCUT2D eigenvalue weighted by Crippen LogP contribution is -2.33. The number of nitrogens with zero attached hydrogens (tertiary/aromatic N) is 1. The van der Waals surface area contributed by atoms with Crippen LogP contribution < -0.4 is 20.7 Å². The molecule has 1 fully saturated rings. The van der Waals surface area contributed by atoms with Crippen molar-refractivity contribution in [2.45, 2.75) is 19.3 Å². The molecule has 2 heterocycles.